The number of ether oxygens (including phenoxy) is 1. The standard InChI is InChI=1S/C15H25N5O.HI/c1-3-20-9-5-7-13(20)11-18-15(16)17-10-12-6-4-8-14(19-12)21-2;/h4,6,8,13H,3,5,7,9-11H2,1-2H3,(H3,16,17,18);1H. The van der Waals surface area contributed by atoms with Crippen LogP contribution in [-0.4, -0.2) is 48.6 Å². The molecule has 1 unspecified atom stereocenters. The fourth-order valence-electron chi connectivity index (χ4n) is 2.65. The first-order chi connectivity index (χ1) is 10.2. The Kier molecular flexibility index (Phi) is 8.47. The fourth-order valence-corrected chi connectivity index (χ4v) is 2.65. The number of nitrogens with zero attached hydrogens (tertiary/aromatic N) is 3. The van der Waals surface area contributed by atoms with E-state index < -0.39 is 0 Å². The van der Waals surface area contributed by atoms with Crippen molar-refractivity contribution in [3.63, 3.8) is 0 Å². The van der Waals surface area contributed by atoms with Crippen LogP contribution in [0.5, 0.6) is 5.88 Å². The molecule has 7 heteroatoms. The minimum atomic E-state index is 0. The van der Waals surface area contributed by atoms with Crippen LogP contribution < -0.4 is 15.8 Å². The second-order valence-electron chi connectivity index (χ2n) is 5.18. The van der Waals surface area contributed by atoms with Crippen molar-refractivity contribution in [2.75, 3.05) is 26.7 Å². The van der Waals surface area contributed by atoms with E-state index >= 15 is 0 Å². The molecule has 3 N–H and O–H groups in total. The molecule has 6 nitrogen and oxygen atoms in total. The van der Waals surface area contributed by atoms with Gasteiger partial charge in [-0.3, -0.25) is 4.90 Å². The lowest BCUT2D eigenvalue weighted by molar-refractivity contribution is 0.267. The van der Waals surface area contributed by atoms with E-state index in [0.717, 1.165) is 18.8 Å². The number of aliphatic imine (C=N–C) groups is 1. The Labute approximate surface area is 149 Å². The number of guanidine groups is 1. The zero-order chi connectivity index (χ0) is 15.1. The van der Waals surface area contributed by atoms with Gasteiger partial charge in [0.15, 0.2) is 5.96 Å². The van der Waals surface area contributed by atoms with Gasteiger partial charge < -0.3 is 15.8 Å². The molecular formula is C15H26IN5O. The van der Waals surface area contributed by atoms with Crippen molar-refractivity contribution in [3.05, 3.63) is 23.9 Å². The largest absolute Gasteiger partial charge is 0.481 e. The van der Waals surface area contributed by atoms with Gasteiger partial charge in [0, 0.05) is 18.7 Å². The summed E-state index contributed by atoms with van der Waals surface area (Å²) in [6, 6.07) is 6.19. The molecule has 1 aromatic heterocycles. The minimum Gasteiger partial charge on any atom is -0.481 e. The fraction of sp³-hybridized carbons (Fsp3) is 0.600. The number of rotatable bonds is 6. The molecule has 1 fully saturated rings. The van der Waals surface area contributed by atoms with E-state index in [1.807, 2.05) is 18.2 Å². The van der Waals surface area contributed by atoms with E-state index in [1.165, 1.54) is 19.4 Å². The summed E-state index contributed by atoms with van der Waals surface area (Å²) in [6.07, 6.45) is 2.50. The van der Waals surface area contributed by atoms with Crippen molar-refractivity contribution in [2.45, 2.75) is 32.4 Å². The van der Waals surface area contributed by atoms with Crippen molar-refractivity contribution < 1.29 is 4.74 Å². The number of methoxy groups -OCH3 is 1. The van der Waals surface area contributed by atoms with Gasteiger partial charge in [0.1, 0.15) is 0 Å². The molecular weight excluding hydrogens is 393 g/mol. The number of nitrogens with two attached hydrogens (primary N) is 1. The molecule has 0 aromatic carbocycles. The second-order valence-corrected chi connectivity index (χ2v) is 5.18. The lowest BCUT2D eigenvalue weighted by Crippen LogP contribution is -2.42. The molecule has 0 amide bonds. The minimum absolute atomic E-state index is 0. The molecule has 1 aromatic rings. The Morgan fingerprint density at radius 3 is 3.09 bits per heavy atom. The van der Waals surface area contributed by atoms with E-state index in [9.17, 15) is 0 Å². The van der Waals surface area contributed by atoms with Gasteiger partial charge in [0.25, 0.3) is 0 Å². The summed E-state index contributed by atoms with van der Waals surface area (Å²) in [5.74, 6) is 1.07. The maximum absolute atomic E-state index is 5.92. The summed E-state index contributed by atoms with van der Waals surface area (Å²) in [6.45, 7) is 5.79. The van der Waals surface area contributed by atoms with Crippen molar-refractivity contribution in [1.29, 1.82) is 0 Å². The number of likely N-dealkylation sites (N-methyl/N-ethyl adjacent to an activating group) is 1. The highest BCUT2D eigenvalue weighted by Crippen LogP contribution is 2.15. The summed E-state index contributed by atoms with van der Waals surface area (Å²) in [5, 5.41) is 3.21. The van der Waals surface area contributed by atoms with E-state index in [0.29, 0.717) is 24.4 Å². The smallest absolute Gasteiger partial charge is 0.213 e. The number of hydrogen-bond donors (Lipinski definition) is 2. The number of aromatic nitrogens is 1. The van der Waals surface area contributed by atoms with Gasteiger partial charge in [-0.05, 0) is 32.0 Å². The molecule has 0 aliphatic carbocycles. The first-order valence-corrected chi connectivity index (χ1v) is 7.50. The van der Waals surface area contributed by atoms with Gasteiger partial charge >= 0.3 is 0 Å². The number of pyridine rings is 1. The van der Waals surface area contributed by atoms with Crippen molar-refractivity contribution >= 4 is 29.9 Å². The van der Waals surface area contributed by atoms with Crippen LogP contribution in [0.2, 0.25) is 0 Å². The van der Waals surface area contributed by atoms with Crippen LogP contribution in [-0.2, 0) is 6.54 Å². The molecule has 0 radical (unpaired) electrons. The Hall–Kier alpha value is -1.09. The average molecular weight is 419 g/mol. The van der Waals surface area contributed by atoms with Crippen LogP contribution in [0, 0.1) is 0 Å². The van der Waals surface area contributed by atoms with Gasteiger partial charge in [-0.1, -0.05) is 13.0 Å². The molecule has 22 heavy (non-hydrogen) atoms. The number of hydrogen-bond acceptors (Lipinski definition) is 4. The van der Waals surface area contributed by atoms with Gasteiger partial charge in [-0.2, -0.15) is 0 Å². The van der Waals surface area contributed by atoms with E-state index in [4.69, 9.17) is 10.5 Å². The van der Waals surface area contributed by atoms with Crippen molar-refractivity contribution in [1.82, 2.24) is 15.2 Å². The molecule has 1 atom stereocenters. The highest BCUT2D eigenvalue weighted by Gasteiger charge is 2.22. The average Bonchev–Trinajstić information content (AvgIpc) is 2.98. The van der Waals surface area contributed by atoms with E-state index in [1.54, 1.807) is 7.11 Å². The maximum atomic E-state index is 5.92. The molecule has 1 aliphatic heterocycles. The van der Waals surface area contributed by atoms with Crippen LogP contribution >= 0.6 is 24.0 Å². The normalized spacial score (nSPS) is 18.8. The summed E-state index contributed by atoms with van der Waals surface area (Å²) in [5.41, 5.74) is 6.76. The van der Waals surface area contributed by atoms with Crippen LogP contribution in [0.4, 0.5) is 0 Å². The van der Waals surface area contributed by atoms with Gasteiger partial charge in [-0.15, -0.1) is 24.0 Å². The first-order valence-electron chi connectivity index (χ1n) is 7.50. The van der Waals surface area contributed by atoms with Gasteiger partial charge in [0.2, 0.25) is 5.88 Å². The summed E-state index contributed by atoms with van der Waals surface area (Å²) >= 11 is 0. The molecule has 1 aliphatic rings. The molecule has 1 saturated heterocycles. The van der Waals surface area contributed by atoms with E-state index in [2.05, 4.69) is 27.1 Å². The molecule has 124 valence electrons. The predicted molar refractivity (Wildman–Crippen MR) is 99.8 cm³/mol. The predicted octanol–water partition coefficient (Wildman–Crippen LogP) is 1.60. The molecule has 2 heterocycles. The van der Waals surface area contributed by atoms with Gasteiger partial charge in [-0.25, -0.2) is 9.98 Å². The molecule has 2 rings (SSSR count). The molecule has 0 saturated carbocycles. The van der Waals surface area contributed by atoms with Crippen molar-refractivity contribution in [3.8, 4) is 5.88 Å². The number of halogens is 1. The third-order valence-electron chi connectivity index (χ3n) is 3.83. The molecule has 0 spiro atoms. The Morgan fingerprint density at radius 1 is 1.55 bits per heavy atom. The zero-order valence-electron chi connectivity index (χ0n) is 13.3. The van der Waals surface area contributed by atoms with Crippen LogP contribution in [0.15, 0.2) is 23.2 Å². The van der Waals surface area contributed by atoms with E-state index in [-0.39, 0.29) is 24.0 Å². The highest BCUT2D eigenvalue weighted by atomic mass is 127. The number of likely N-dealkylation sites (tertiary alicyclic amines) is 1. The van der Waals surface area contributed by atoms with Gasteiger partial charge in [0.05, 0.1) is 19.3 Å². The van der Waals surface area contributed by atoms with Crippen LogP contribution in [0.25, 0.3) is 0 Å². The summed E-state index contributed by atoms with van der Waals surface area (Å²) < 4.78 is 5.09. The Balaban J connectivity index is 0.00000242. The lowest BCUT2D eigenvalue weighted by atomic mass is 10.2. The highest BCUT2D eigenvalue weighted by molar-refractivity contribution is 14.0. The third-order valence-corrected chi connectivity index (χ3v) is 3.83. The lowest BCUT2D eigenvalue weighted by Gasteiger charge is -2.23. The zero-order valence-corrected chi connectivity index (χ0v) is 15.6. The first kappa shape index (κ1) is 19.0. The topological polar surface area (TPSA) is 75.8 Å². The second kappa shape index (κ2) is 9.83. The number of nitrogens with one attached hydrogen (secondary N) is 1. The Morgan fingerprint density at radius 2 is 2.36 bits per heavy atom. The SMILES string of the molecule is CCN1CCCC1CNC(N)=NCc1cccc(OC)n1.I. The maximum Gasteiger partial charge on any atom is 0.213 e. The van der Waals surface area contributed by atoms with Crippen LogP contribution in [0.1, 0.15) is 25.5 Å². The van der Waals surface area contributed by atoms with Crippen molar-refractivity contribution in [2.24, 2.45) is 10.7 Å². The Bertz CT molecular complexity index is 483. The summed E-state index contributed by atoms with van der Waals surface area (Å²) in [4.78, 5) is 11.1. The third kappa shape index (κ3) is 5.60. The van der Waals surface area contributed by atoms with Crippen LogP contribution in [0.3, 0.4) is 0 Å². The molecule has 0 bridgehead atoms. The summed E-state index contributed by atoms with van der Waals surface area (Å²) in [7, 11) is 1.60. The quantitative estimate of drug-likeness (QED) is 0.416. The monoisotopic (exact) mass is 419 g/mol.